The van der Waals surface area contributed by atoms with Crippen LogP contribution in [0.15, 0.2) is 67.4 Å². The molecule has 0 atom stereocenters. The molecule has 0 radical (unpaired) electrons. The number of nitrogens with zero attached hydrogens (tertiary/aromatic N) is 5. The molecular formula is C22H19N5O2. The van der Waals surface area contributed by atoms with Gasteiger partial charge in [0.1, 0.15) is 0 Å². The number of rotatable bonds is 3. The van der Waals surface area contributed by atoms with Gasteiger partial charge in [-0.1, -0.05) is 12.1 Å². The summed E-state index contributed by atoms with van der Waals surface area (Å²) in [7, 11) is 0. The molecule has 1 saturated heterocycles. The lowest BCUT2D eigenvalue weighted by Crippen LogP contribution is -2.40. The van der Waals surface area contributed by atoms with Crippen LogP contribution in [-0.4, -0.2) is 56.5 Å². The Kier molecular flexibility index (Phi) is 4.50. The van der Waals surface area contributed by atoms with Gasteiger partial charge in [0.15, 0.2) is 5.65 Å². The number of ether oxygens (including phenoxy) is 1. The lowest BCUT2D eigenvalue weighted by Gasteiger charge is -2.26. The Balaban J connectivity index is 1.45. The number of benzene rings is 1. The monoisotopic (exact) mass is 385 g/mol. The van der Waals surface area contributed by atoms with Gasteiger partial charge in [-0.15, -0.1) is 0 Å². The minimum absolute atomic E-state index is 0.0397. The number of hydrogen-bond donors (Lipinski definition) is 0. The minimum Gasteiger partial charge on any atom is -0.378 e. The van der Waals surface area contributed by atoms with Crippen LogP contribution in [0.5, 0.6) is 0 Å². The molecule has 4 heterocycles. The lowest BCUT2D eigenvalue weighted by molar-refractivity contribution is 0.0303. The fourth-order valence-corrected chi connectivity index (χ4v) is 3.51. The maximum Gasteiger partial charge on any atom is 0.254 e. The van der Waals surface area contributed by atoms with Crippen LogP contribution in [-0.2, 0) is 4.74 Å². The molecule has 0 saturated carbocycles. The molecule has 29 heavy (non-hydrogen) atoms. The van der Waals surface area contributed by atoms with Crippen LogP contribution in [0.1, 0.15) is 10.4 Å². The zero-order chi connectivity index (χ0) is 19.6. The molecule has 1 fully saturated rings. The van der Waals surface area contributed by atoms with Crippen molar-refractivity contribution >= 4 is 11.6 Å². The van der Waals surface area contributed by atoms with Crippen molar-refractivity contribution in [3.8, 4) is 22.5 Å². The maximum atomic E-state index is 12.6. The molecule has 144 valence electrons. The summed E-state index contributed by atoms with van der Waals surface area (Å²) >= 11 is 0. The first kappa shape index (κ1) is 17.5. The van der Waals surface area contributed by atoms with Crippen LogP contribution in [0.2, 0.25) is 0 Å². The van der Waals surface area contributed by atoms with Gasteiger partial charge in [0.05, 0.1) is 37.0 Å². The Hall–Kier alpha value is -3.58. The Morgan fingerprint density at radius 1 is 0.897 bits per heavy atom. The van der Waals surface area contributed by atoms with Gasteiger partial charge in [-0.3, -0.25) is 19.2 Å². The first-order chi connectivity index (χ1) is 14.3. The van der Waals surface area contributed by atoms with E-state index in [-0.39, 0.29) is 5.91 Å². The summed E-state index contributed by atoms with van der Waals surface area (Å²) < 4.78 is 7.34. The van der Waals surface area contributed by atoms with Gasteiger partial charge in [-0.25, -0.2) is 4.98 Å². The SMILES string of the molecule is O=C(c1ccc(-c2cn3c(-c4ccncc4)cnc3cn2)cc1)N1CCOCC1. The Bertz CT molecular complexity index is 1150. The lowest BCUT2D eigenvalue weighted by atomic mass is 10.1. The molecule has 5 rings (SSSR count). The molecule has 0 N–H and O–H groups in total. The molecule has 1 aromatic carbocycles. The zero-order valence-electron chi connectivity index (χ0n) is 15.7. The summed E-state index contributed by atoms with van der Waals surface area (Å²) in [5.41, 5.74) is 5.23. The Morgan fingerprint density at radius 2 is 1.66 bits per heavy atom. The van der Waals surface area contributed by atoms with Crippen LogP contribution in [0.25, 0.3) is 28.2 Å². The summed E-state index contributed by atoms with van der Waals surface area (Å²) in [6, 6.07) is 11.5. The fourth-order valence-electron chi connectivity index (χ4n) is 3.51. The quantitative estimate of drug-likeness (QED) is 0.542. The van der Waals surface area contributed by atoms with Gasteiger partial charge in [0.25, 0.3) is 5.91 Å². The minimum atomic E-state index is 0.0397. The highest BCUT2D eigenvalue weighted by Gasteiger charge is 2.18. The second-order valence-corrected chi connectivity index (χ2v) is 6.86. The van der Waals surface area contributed by atoms with Crippen LogP contribution < -0.4 is 0 Å². The van der Waals surface area contributed by atoms with Crippen molar-refractivity contribution in [3.63, 3.8) is 0 Å². The van der Waals surface area contributed by atoms with Gasteiger partial charge in [-0.05, 0) is 24.3 Å². The van der Waals surface area contributed by atoms with E-state index in [4.69, 9.17) is 4.74 Å². The van der Waals surface area contributed by atoms with E-state index in [1.807, 2.05) is 58.1 Å². The van der Waals surface area contributed by atoms with Crippen LogP contribution in [0.4, 0.5) is 0 Å². The average Bonchev–Trinajstić information content (AvgIpc) is 3.23. The van der Waals surface area contributed by atoms with Gasteiger partial charge < -0.3 is 9.64 Å². The molecule has 1 amide bonds. The third-order valence-electron chi connectivity index (χ3n) is 5.10. The normalized spacial score (nSPS) is 14.3. The Morgan fingerprint density at radius 3 is 2.41 bits per heavy atom. The number of hydrogen-bond acceptors (Lipinski definition) is 5. The van der Waals surface area contributed by atoms with Crippen molar-refractivity contribution < 1.29 is 9.53 Å². The van der Waals surface area contributed by atoms with Gasteiger partial charge in [-0.2, -0.15) is 0 Å². The standard InChI is InChI=1S/C22H19N5O2/c28-22(26-9-11-29-12-10-26)18-3-1-16(2-4-18)19-15-27-20(13-25-21(27)14-24-19)17-5-7-23-8-6-17/h1-8,13-15H,9-12H2. The third-order valence-corrected chi connectivity index (χ3v) is 5.10. The summed E-state index contributed by atoms with van der Waals surface area (Å²) in [5, 5.41) is 0. The molecule has 3 aromatic heterocycles. The molecule has 1 aliphatic heterocycles. The number of morpholine rings is 1. The zero-order valence-corrected chi connectivity index (χ0v) is 15.7. The molecule has 0 unspecified atom stereocenters. The maximum absolute atomic E-state index is 12.6. The van der Waals surface area contributed by atoms with Crippen LogP contribution >= 0.6 is 0 Å². The molecule has 0 bridgehead atoms. The number of carbonyl (C=O) groups is 1. The predicted molar refractivity (Wildman–Crippen MR) is 108 cm³/mol. The van der Waals surface area contributed by atoms with E-state index in [1.165, 1.54) is 0 Å². The van der Waals surface area contributed by atoms with E-state index in [0.29, 0.717) is 31.9 Å². The second kappa shape index (κ2) is 7.44. The van der Waals surface area contributed by atoms with E-state index < -0.39 is 0 Å². The number of aromatic nitrogens is 4. The average molecular weight is 385 g/mol. The second-order valence-electron chi connectivity index (χ2n) is 6.86. The van der Waals surface area contributed by atoms with E-state index in [0.717, 1.165) is 28.2 Å². The molecule has 7 nitrogen and oxygen atoms in total. The summed E-state index contributed by atoms with van der Waals surface area (Å²) in [6.07, 6.45) is 9.09. The van der Waals surface area contributed by atoms with E-state index in [2.05, 4.69) is 15.0 Å². The topological polar surface area (TPSA) is 72.6 Å². The van der Waals surface area contributed by atoms with Crippen molar-refractivity contribution in [3.05, 3.63) is 72.9 Å². The molecule has 1 aliphatic rings. The summed E-state index contributed by atoms with van der Waals surface area (Å²) in [4.78, 5) is 27.5. The number of carbonyl (C=O) groups excluding carboxylic acids is 1. The highest BCUT2D eigenvalue weighted by molar-refractivity contribution is 5.94. The van der Waals surface area contributed by atoms with E-state index in [1.54, 1.807) is 18.6 Å². The largest absolute Gasteiger partial charge is 0.378 e. The predicted octanol–water partition coefficient (Wildman–Crippen LogP) is 2.93. The number of imidazole rings is 1. The molecule has 0 spiro atoms. The molecular weight excluding hydrogens is 366 g/mol. The van der Waals surface area contributed by atoms with Crippen LogP contribution in [0.3, 0.4) is 0 Å². The molecule has 7 heteroatoms. The van der Waals surface area contributed by atoms with Crippen LogP contribution in [0, 0.1) is 0 Å². The summed E-state index contributed by atoms with van der Waals surface area (Å²) in [5.74, 6) is 0.0397. The highest BCUT2D eigenvalue weighted by atomic mass is 16.5. The highest BCUT2D eigenvalue weighted by Crippen LogP contribution is 2.23. The first-order valence-electron chi connectivity index (χ1n) is 9.50. The Labute approximate surface area is 167 Å². The van der Waals surface area contributed by atoms with Gasteiger partial charge in [0.2, 0.25) is 0 Å². The van der Waals surface area contributed by atoms with E-state index >= 15 is 0 Å². The number of pyridine rings is 1. The van der Waals surface area contributed by atoms with Gasteiger partial charge >= 0.3 is 0 Å². The van der Waals surface area contributed by atoms with Gasteiger partial charge in [0, 0.05) is 48.4 Å². The smallest absolute Gasteiger partial charge is 0.254 e. The number of amides is 1. The van der Waals surface area contributed by atoms with Crippen molar-refractivity contribution in [2.45, 2.75) is 0 Å². The molecule has 0 aliphatic carbocycles. The van der Waals surface area contributed by atoms with E-state index in [9.17, 15) is 4.79 Å². The molecule has 4 aromatic rings. The van der Waals surface area contributed by atoms with Crippen molar-refractivity contribution in [1.29, 1.82) is 0 Å². The third kappa shape index (κ3) is 3.36. The van der Waals surface area contributed by atoms with Crippen molar-refractivity contribution in [1.82, 2.24) is 24.3 Å². The number of fused-ring (bicyclic) bond motifs is 1. The fraction of sp³-hybridized carbons (Fsp3) is 0.182. The van der Waals surface area contributed by atoms with Crippen molar-refractivity contribution in [2.24, 2.45) is 0 Å². The summed E-state index contributed by atoms with van der Waals surface area (Å²) in [6.45, 7) is 2.46. The first-order valence-corrected chi connectivity index (χ1v) is 9.50. The van der Waals surface area contributed by atoms with Crippen molar-refractivity contribution in [2.75, 3.05) is 26.3 Å².